The molecule has 0 heterocycles. The Morgan fingerprint density at radius 2 is 1.92 bits per heavy atom. The summed E-state index contributed by atoms with van der Waals surface area (Å²) < 4.78 is 0. The Balaban J connectivity index is 3.76. The van der Waals surface area contributed by atoms with Crippen LogP contribution in [0.15, 0.2) is 0 Å². The van der Waals surface area contributed by atoms with E-state index in [4.69, 9.17) is 6.42 Å². The van der Waals surface area contributed by atoms with Crippen LogP contribution in [0.5, 0.6) is 0 Å². The van der Waals surface area contributed by atoms with Gasteiger partial charge in [0.05, 0.1) is 0 Å². The third-order valence-electron chi connectivity index (χ3n) is 1.78. The van der Waals surface area contributed by atoms with Crippen LogP contribution in [0.2, 0.25) is 0 Å². The summed E-state index contributed by atoms with van der Waals surface area (Å²) >= 11 is 0. The van der Waals surface area contributed by atoms with Gasteiger partial charge in [-0.1, -0.05) is 33.6 Å². The van der Waals surface area contributed by atoms with Crippen molar-refractivity contribution >= 4 is 0 Å². The number of aliphatic hydroxyl groups is 1. The molecule has 0 aliphatic carbocycles. The van der Waals surface area contributed by atoms with Crippen molar-refractivity contribution < 1.29 is 5.11 Å². The van der Waals surface area contributed by atoms with Crippen molar-refractivity contribution in [3.8, 4) is 12.3 Å². The van der Waals surface area contributed by atoms with Crippen LogP contribution < -0.4 is 0 Å². The highest BCUT2D eigenvalue weighted by Crippen LogP contribution is 2.26. The number of hydrogen-bond donors (Lipinski definition) is 1. The zero-order valence-electron chi connectivity index (χ0n) is 8.59. The van der Waals surface area contributed by atoms with Gasteiger partial charge < -0.3 is 5.11 Å². The molecule has 1 nitrogen and oxygen atoms in total. The van der Waals surface area contributed by atoms with Gasteiger partial charge in [0.25, 0.3) is 0 Å². The molecule has 2 atom stereocenters. The van der Waals surface area contributed by atoms with E-state index in [2.05, 4.69) is 33.6 Å². The van der Waals surface area contributed by atoms with E-state index >= 15 is 0 Å². The predicted molar refractivity (Wildman–Crippen MR) is 52.7 cm³/mol. The van der Waals surface area contributed by atoms with E-state index in [1.54, 1.807) is 0 Å². The molecule has 0 aromatic heterocycles. The van der Waals surface area contributed by atoms with Crippen LogP contribution >= 0.6 is 0 Å². The Morgan fingerprint density at radius 1 is 1.42 bits per heavy atom. The van der Waals surface area contributed by atoms with E-state index in [1.807, 2.05) is 0 Å². The second kappa shape index (κ2) is 4.52. The second-order valence-electron chi connectivity index (χ2n) is 4.79. The summed E-state index contributed by atoms with van der Waals surface area (Å²) in [5.41, 5.74) is 0.327. The lowest BCUT2D eigenvalue weighted by atomic mass is 9.83. The quantitative estimate of drug-likeness (QED) is 0.642. The van der Waals surface area contributed by atoms with Gasteiger partial charge in [-0.3, -0.25) is 0 Å². The molecule has 0 amide bonds. The number of hydrogen-bond acceptors (Lipinski definition) is 1. The minimum absolute atomic E-state index is 0.327. The summed E-state index contributed by atoms with van der Waals surface area (Å²) in [4.78, 5) is 0. The molecule has 0 aliphatic heterocycles. The average Bonchev–Trinajstić information content (AvgIpc) is 1.82. The first kappa shape index (κ1) is 11.5. The molecule has 1 heteroatoms. The Hall–Kier alpha value is -0.480. The minimum Gasteiger partial charge on any atom is -0.380 e. The Kier molecular flexibility index (Phi) is 4.34. The van der Waals surface area contributed by atoms with Gasteiger partial charge in [-0.25, -0.2) is 0 Å². The van der Waals surface area contributed by atoms with Crippen LogP contribution in [-0.4, -0.2) is 11.2 Å². The summed E-state index contributed by atoms with van der Waals surface area (Å²) in [5.74, 6) is 2.83. The molecule has 0 aliphatic rings. The highest BCUT2D eigenvalue weighted by atomic mass is 16.3. The van der Waals surface area contributed by atoms with Gasteiger partial charge in [-0.15, -0.1) is 6.42 Å². The number of terminal acetylenes is 1. The van der Waals surface area contributed by atoms with Crippen LogP contribution in [0.3, 0.4) is 0 Å². The Bertz CT molecular complexity index is 159. The van der Waals surface area contributed by atoms with Crippen molar-refractivity contribution in [1.82, 2.24) is 0 Å². The molecule has 0 aromatic rings. The van der Waals surface area contributed by atoms with Crippen molar-refractivity contribution in [2.75, 3.05) is 0 Å². The van der Waals surface area contributed by atoms with E-state index in [0.717, 1.165) is 6.42 Å². The molecule has 0 saturated carbocycles. The number of rotatable bonds is 3. The first-order chi connectivity index (χ1) is 5.35. The third-order valence-corrected chi connectivity index (χ3v) is 1.78. The Labute approximate surface area is 76.2 Å². The van der Waals surface area contributed by atoms with Gasteiger partial charge in [0.1, 0.15) is 6.10 Å². The molecule has 0 aromatic carbocycles. The zero-order chi connectivity index (χ0) is 9.78. The van der Waals surface area contributed by atoms with Gasteiger partial charge >= 0.3 is 0 Å². The highest BCUT2D eigenvalue weighted by molar-refractivity contribution is 4.93. The zero-order valence-corrected chi connectivity index (χ0v) is 8.59. The molecular weight excluding hydrogens is 148 g/mol. The summed E-state index contributed by atoms with van der Waals surface area (Å²) in [7, 11) is 0. The standard InChI is InChI=1S/C11H20O/c1-6-10(12)7-9(2)8-11(3,4)5/h1,9-10,12H,7-8H2,2-5H3. The monoisotopic (exact) mass is 168 g/mol. The van der Waals surface area contributed by atoms with Crippen LogP contribution in [0.4, 0.5) is 0 Å². The van der Waals surface area contributed by atoms with Crippen molar-refractivity contribution in [3.63, 3.8) is 0 Å². The van der Waals surface area contributed by atoms with E-state index in [1.165, 1.54) is 0 Å². The summed E-state index contributed by atoms with van der Waals surface area (Å²) in [6.07, 6.45) is 6.34. The average molecular weight is 168 g/mol. The van der Waals surface area contributed by atoms with Gasteiger partial charge in [-0.2, -0.15) is 0 Å². The highest BCUT2D eigenvalue weighted by Gasteiger charge is 2.16. The second-order valence-corrected chi connectivity index (χ2v) is 4.79. The summed E-state index contributed by atoms with van der Waals surface area (Å²) in [6.45, 7) is 8.73. The molecular formula is C11H20O. The largest absolute Gasteiger partial charge is 0.380 e. The molecule has 0 fully saturated rings. The van der Waals surface area contributed by atoms with Gasteiger partial charge in [0, 0.05) is 0 Å². The van der Waals surface area contributed by atoms with Gasteiger partial charge in [0.2, 0.25) is 0 Å². The van der Waals surface area contributed by atoms with Crippen molar-refractivity contribution in [2.24, 2.45) is 11.3 Å². The smallest absolute Gasteiger partial charge is 0.114 e. The van der Waals surface area contributed by atoms with Gasteiger partial charge in [-0.05, 0) is 24.2 Å². The van der Waals surface area contributed by atoms with Crippen LogP contribution in [-0.2, 0) is 0 Å². The minimum atomic E-state index is -0.567. The Morgan fingerprint density at radius 3 is 2.25 bits per heavy atom. The molecule has 0 rings (SSSR count). The SMILES string of the molecule is C#CC(O)CC(C)CC(C)(C)C. The molecule has 0 radical (unpaired) electrons. The topological polar surface area (TPSA) is 20.2 Å². The van der Waals surface area contributed by atoms with Crippen LogP contribution in [0.25, 0.3) is 0 Å². The van der Waals surface area contributed by atoms with Gasteiger partial charge in [0.15, 0.2) is 0 Å². The lowest BCUT2D eigenvalue weighted by Gasteiger charge is -2.23. The predicted octanol–water partition coefficient (Wildman–Crippen LogP) is 2.44. The first-order valence-electron chi connectivity index (χ1n) is 4.49. The maximum Gasteiger partial charge on any atom is 0.114 e. The summed E-state index contributed by atoms with van der Waals surface area (Å²) in [5, 5.41) is 9.19. The van der Waals surface area contributed by atoms with Crippen molar-refractivity contribution in [1.29, 1.82) is 0 Å². The molecule has 0 saturated heterocycles. The molecule has 0 spiro atoms. The fraction of sp³-hybridized carbons (Fsp3) is 0.818. The lowest BCUT2D eigenvalue weighted by Crippen LogP contribution is -2.15. The molecule has 0 bridgehead atoms. The van der Waals surface area contributed by atoms with Crippen molar-refractivity contribution in [3.05, 3.63) is 0 Å². The van der Waals surface area contributed by atoms with Crippen LogP contribution in [0.1, 0.15) is 40.5 Å². The fourth-order valence-electron chi connectivity index (χ4n) is 1.58. The van der Waals surface area contributed by atoms with E-state index < -0.39 is 6.10 Å². The maximum absolute atomic E-state index is 9.19. The lowest BCUT2D eigenvalue weighted by molar-refractivity contribution is 0.179. The molecule has 1 N–H and O–H groups in total. The van der Waals surface area contributed by atoms with Crippen LogP contribution in [0, 0.1) is 23.7 Å². The van der Waals surface area contributed by atoms with E-state index in [0.29, 0.717) is 17.8 Å². The van der Waals surface area contributed by atoms with E-state index in [-0.39, 0.29) is 0 Å². The fourth-order valence-corrected chi connectivity index (χ4v) is 1.58. The molecule has 12 heavy (non-hydrogen) atoms. The normalized spacial score (nSPS) is 16.7. The maximum atomic E-state index is 9.19. The van der Waals surface area contributed by atoms with Crippen molar-refractivity contribution in [2.45, 2.75) is 46.6 Å². The van der Waals surface area contributed by atoms with E-state index in [9.17, 15) is 5.11 Å². The molecule has 2 unspecified atom stereocenters. The summed E-state index contributed by atoms with van der Waals surface area (Å²) in [6, 6.07) is 0. The first-order valence-corrected chi connectivity index (χ1v) is 4.49. The molecule has 70 valence electrons. The number of aliphatic hydroxyl groups excluding tert-OH is 1. The third kappa shape index (κ3) is 6.24.